The van der Waals surface area contributed by atoms with Crippen molar-refractivity contribution in [3.8, 4) is 0 Å². The summed E-state index contributed by atoms with van der Waals surface area (Å²) in [4.78, 5) is 8.21. The fourth-order valence-corrected chi connectivity index (χ4v) is 1.74. The third kappa shape index (κ3) is 2.89. The van der Waals surface area contributed by atoms with Gasteiger partial charge in [-0.15, -0.1) is 0 Å². The average Bonchev–Trinajstić information content (AvgIpc) is 2.29. The largest absolute Gasteiger partial charge is 0.381 e. The van der Waals surface area contributed by atoms with E-state index in [0.717, 1.165) is 38.4 Å². The van der Waals surface area contributed by atoms with Crippen molar-refractivity contribution in [2.45, 2.75) is 19.8 Å². The third-order valence-electron chi connectivity index (χ3n) is 2.96. The maximum atomic E-state index is 5.36. The Bertz CT molecular complexity index is 296. The Balaban J connectivity index is 1.87. The summed E-state index contributed by atoms with van der Waals surface area (Å²) in [5.41, 5.74) is 0.329. The first-order valence-electron chi connectivity index (χ1n) is 5.36. The minimum atomic E-state index is 0.329. The molecule has 1 N–H and O–H groups in total. The summed E-state index contributed by atoms with van der Waals surface area (Å²) in [6.45, 7) is 4.98. The van der Waals surface area contributed by atoms with Crippen LogP contribution in [-0.4, -0.2) is 29.7 Å². The van der Waals surface area contributed by atoms with Crippen LogP contribution in [0, 0.1) is 5.41 Å². The zero-order chi connectivity index (χ0) is 10.6. The second-order valence-electron chi connectivity index (χ2n) is 4.37. The number of anilines is 1. The Morgan fingerprint density at radius 2 is 2.20 bits per heavy atom. The molecule has 0 atom stereocenters. The molecule has 4 heteroatoms. The molecule has 1 fully saturated rings. The number of nitrogens with zero attached hydrogens (tertiary/aromatic N) is 2. The van der Waals surface area contributed by atoms with Gasteiger partial charge in [-0.1, -0.05) is 6.92 Å². The zero-order valence-electron chi connectivity index (χ0n) is 9.07. The van der Waals surface area contributed by atoms with Crippen LogP contribution in [-0.2, 0) is 4.74 Å². The Morgan fingerprint density at radius 1 is 1.40 bits per heavy atom. The smallest absolute Gasteiger partial charge is 0.144 e. The summed E-state index contributed by atoms with van der Waals surface area (Å²) >= 11 is 0. The van der Waals surface area contributed by atoms with Crippen LogP contribution in [0.1, 0.15) is 19.8 Å². The quantitative estimate of drug-likeness (QED) is 0.819. The lowest BCUT2D eigenvalue weighted by atomic mass is 9.82. The van der Waals surface area contributed by atoms with Gasteiger partial charge in [-0.2, -0.15) is 0 Å². The molecule has 2 rings (SSSR count). The fraction of sp³-hybridized carbons (Fsp3) is 0.636. The van der Waals surface area contributed by atoms with Crippen molar-refractivity contribution in [2.24, 2.45) is 5.41 Å². The van der Waals surface area contributed by atoms with Crippen molar-refractivity contribution in [3.05, 3.63) is 18.6 Å². The number of nitrogens with one attached hydrogen (secondary N) is 1. The van der Waals surface area contributed by atoms with Crippen LogP contribution in [0.25, 0.3) is 0 Å². The van der Waals surface area contributed by atoms with E-state index in [-0.39, 0.29) is 0 Å². The molecule has 1 aliphatic heterocycles. The number of ether oxygens (including phenoxy) is 1. The maximum Gasteiger partial charge on any atom is 0.144 e. The predicted octanol–water partition coefficient (Wildman–Crippen LogP) is 1.71. The number of hydrogen-bond acceptors (Lipinski definition) is 4. The summed E-state index contributed by atoms with van der Waals surface area (Å²) in [5.74, 6) is 0.852. The molecule has 15 heavy (non-hydrogen) atoms. The fourth-order valence-electron chi connectivity index (χ4n) is 1.74. The van der Waals surface area contributed by atoms with Crippen LogP contribution in [0.2, 0.25) is 0 Å². The first kappa shape index (κ1) is 10.4. The van der Waals surface area contributed by atoms with Crippen LogP contribution < -0.4 is 5.32 Å². The SMILES string of the molecule is CC1(CNc2cnccn2)CCOCC1. The first-order valence-corrected chi connectivity index (χ1v) is 5.36. The van der Waals surface area contributed by atoms with Crippen molar-refractivity contribution in [2.75, 3.05) is 25.1 Å². The molecule has 1 aromatic heterocycles. The lowest BCUT2D eigenvalue weighted by Crippen LogP contribution is -2.33. The zero-order valence-corrected chi connectivity index (χ0v) is 9.07. The highest BCUT2D eigenvalue weighted by Gasteiger charge is 2.26. The Morgan fingerprint density at radius 3 is 2.87 bits per heavy atom. The minimum Gasteiger partial charge on any atom is -0.381 e. The number of hydrogen-bond donors (Lipinski definition) is 1. The van der Waals surface area contributed by atoms with Gasteiger partial charge in [-0.3, -0.25) is 4.98 Å². The highest BCUT2D eigenvalue weighted by atomic mass is 16.5. The van der Waals surface area contributed by atoms with Crippen molar-refractivity contribution < 1.29 is 4.74 Å². The highest BCUT2D eigenvalue weighted by molar-refractivity contribution is 5.30. The van der Waals surface area contributed by atoms with Gasteiger partial charge in [0.1, 0.15) is 5.82 Å². The molecule has 0 aromatic carbocycles. The molecule has 82 valence electrons. The van der Waals surface area contributed by atoms with Gasteiger partial charge in [0.15, 0.2) is 0 Å². The summed E-state index contributed by atoms with van der Waals surface area (Å²) in [5, 5.41) is 3.33. The molecule has 1 aliphatic rings. The summed E-state index contributed by atoms with van der Waals surface area (Å²) < 4.78 is 5.36. The second-order valence-corrected chi connectivity index (χ2v) is 4.37. The first-order chi connectivity index (χ1) is 7.29. The lowest BCUT2D eigenvalue weighted by molar-refractivity contribution is 0.0300. The van der Waals surface area contributed by atoms with E-state index in [0.29, 0.717) is 5.41 Å². The summed E-state index contributed by atoms with van der Waals surface area (Å²) in [6.07, 6.45) is 7.36. The van der Waals surface area contributed by atoms with E-state index < -0.39 is 0 Å². The molecular weight excluding hydrogens is 190 g/mol. The molecule has 2 heterocycles. The highest BCUT2D eigenvalue weighted by Crippen LogP contribution is 2.29. The van der Waals surface area contributed by atoms with Crippen LogP contribution in [0.15, 0.2) is 18.6 Å². The number of rotatable bonds is 3. The molecular formula is C11H17N3O. The van der Waals surface area contributed by atoms with Gasteiger partial charge in [-0.25, -0.2) is 4.98 Å². The molecule has 0 unspecified atom stereocenters. The van der Waals surface area contributed by atoms with Crippen molar-refractivity contribution in [1.82, 2.24) is 9.97 Å². The lowest BCUT2D eigenvalue weighted by Gasteiger charge is -2.33. The molecule has 0 saturated carbocycles. The molecule has 0 amide bonds. The molecule has 0 radical (unpaired) electrons. The van der Waals surface area contributed by atoms with Crippen LogP contribution in [0.3, 0.4) is 0 Å². The topological polar surface area (TPSA) is 47.0 Å². The number of aromatic nitrogens is 2. The normalized spacial score (nSPS) is 19.8. The molecule has 0 aliphatic carbocycles. The van der Waals surface area contributed by atoms with Crippen molar-refractivity contribution in [1.29, 1.82) is 0 Å². The van der Waals surface area contributed by atoms with Gasteiger partial charge in [0.05, 0.1) is 6.20 Å². The van der Waals surface area contributed by atoms with Crippen molar-refractivity contribution in [3.63, 3.8) is 0 Å². The summed E-state index contributed by atoms with van der Waals surface area (Å²) in [7, 11) is 0. The Labute approximate surface area is 90.1 Å². The van der Waals surface area contributed by atoms with E-state index in [1.165, 1.54) is 0 Å². The van der Waals surface area contributed by atoms with Gasteiger partial charge in [0.25, 0.3) is 0 Å². The standard InChI is InChI=1S/C11H17N3O/c1-11(2-6-15-7-3-11)9-14-10-8-12-4-5-13-10/h4-5,8H,2-3,6-7,9H2,1H3,(H,13,14). The average molecular weight is 207 g/mol. The Hall–Kier alpha value is -1.16. The predicted molar refractivity (Wildman–Crippen MR) is 58.7 cm³/mol. The van der Waals surface area contributed by atoms with E-state index in [1.54, 1.807) is 18.6 Å². The Kier molecular flexibility index (Phi) is 3.16. The van der Waals surface area contributed by atoms with E-state index >= 15 is 0 Å². The van der Waals surface area contributed by atoms with Crippen molar-refractivity contribution >= 4 is 5.82 Å². The molecule has 1 saturated heterocycles. The second kappa shape index (κ2) is 4.57. The van der Waals surface area contributed by atoms with E-state index in [4.69, 9.17) is 4.74 Å². The van der Waals surface area contributed by atoms with E-state index in [1.807, 2.05) is 0 Å². The minimum absolute atomic E-state index is 0.329. The van der Waals surface area contributed by atoms with Gasteiger partial charge >= 0.3 is 0 Å². The van der Waals surface area contributed by atoms with E-state index in [9.17, 15) is 0 Å². The molecule has 1 aromatic rings. The van der Waals surface area contributed by atoms with Crippen LogP contribution in [0.5, 0.6) is 0 Å². The van der Waals surface area contributed by atoms with Crippen LogP contribution >= 0.6 is 0 Å². The monoisotopic (exact) mass is 207 g/mol. The van der Waals surface area contributed by atoms with Gasteiger partial charge in [0, 0.05) is 32.2 Å². The van der Waals surface area contributed by atoms with E-state index in [2.05, 4.69) is 22.2 Å². The van der Waals surface area contributed by atoms with Gasteiger partial charge < -0.3 is 10.1 Å². The summed E-state index contributed by atoms with van der Waals surface area (Å²) in [6, 6.07) is 0. The third-order valence-corrected chi connectivity index (χ3v) is 2.96. The van der Waals surface area contributed by atoms with Gasteiger partial charge in [-0.05, 0) is 18.3 Å². The maximum absolute atomic E-state index is 5.36. The molecule has 4 nitrogen and oxygen atoms in total. The molecule has 0 spiro atoms. The van der Waals surface area contributed by atoms with Gasteiger partial charge in [0.2, 0.25) is 0 Å². The molecule has 0 bridgehead atoms. The van der Waals surface area contributed by atoms with Crippen LogP contribution in [0.4, 0.5) is 5.82 Å².